The van der Waals surface area contributed by atoms with Crippen molar-refractivity contribution in [3.63, 3.8) is 0 Å². The Balaban J connectivity index is 2.11. The van der Waals surface area contributed by atoms with E-state index in [0.29, 0.717) is 18.6 Å². The van der Waals surface area contributed by atoms with Gasteiger partial charge in [0.25, 0.3) is 0 Å². The Morgan fingerprint density at radius 1 is 1.33 bits per heavy atom. The number of halogens is 1. The van der Waals surface area contributed by atoms with Crippen LogP contribution in [0.15, 0.2) is 35.6 Å². The van der Waals surface area contributed by atoms with Gasteiger partial charge in [-0.25, -0.2) is 4.39 Å². The van der Waals surface area contributed by atoms with Crippen molar-refractivity contribution in [1.82, 2.24) is 0 Å². The molecule has 0 fully saturated rings. The van der Waals surface area contributed by atoms with Crippen LogP contribution in [0.2, 0.25) is 0 Å². The van der Waals surface area contributed by atoms with Gasteiger partial charge in [0.15, 0.2) is 0 Å². The van der Waals surface area contributed by atoms with Crippen LogP contribution in [0.25, 0.3) is 0 Å². The third-order valence-electron chi connectivity index (χ3n) is 3.44. The minimum absolute atomic E-state index is 0.0595. The smallest absolute Gasteiger partial charge is 0.123 e. The van der Waals surface area contributed by atoms with Crippen molar-refractivity contribution in [2.45, 2.75) is 32.1 Å². The lowest BCUT2D eigenvalue weighted by molar-refractivity contribution is -0.111. The number of aldehydes is 1. The molecule has 18 heavy (non-hydrogen) atoms. The van der Waals surface area contributed by atoms with E-state index in [9.17, 15) is 14.3 Å². The molecule has 0 heterocycles. The van der Waals surface area contributed by atoms with Crippen molar-refractivity contribution in [2.24, 2.45) is 5.92 Å². The van der Waals surface area contributed by atoms with E-state index in [1.54, 1.807) is 12.1 Å². The highest BCUT2D eigenvalue weighted by atomic mass is 19.1. The highest BCUT2D eigenvalue weighted by molar-refractivity contribution is 5.54. The summed E-state index contributed by atoms with van der Waals surface area (Å²) in [6.45, 7) is 0. The van der Waals surface area contributed by atoms with Gasteiger partial charge in [-0.3, -0.25) is 0 Å². The summed E-state index contributed by atoms with van der Waals surface area (Å²) in [5, 5.41) is 10.0. The van der Waals surface area contributed by atoms with Gasteiger partial charge in [0, 0.05) is 12.3 Å². The van der Waals surface area contributed by atoms with Crippen LogP contribution in [0.5, 0.6) is 0 Å². The minimum Gasteiger partial charge on any atom is -0.512 e. The van der Waals surface area contributed by atoms with Crippen LogP contribution in [0.3, 0.4) is 0 Å². The first-order valence-electron chi connectivity index (χ1n) is 6.28. The molecule has 0 saturated heterocycles. The third kappa shape index (κ3) is 3.19. The van der Waals surface area contributed by atoms with Gasteiger partial charge in [0.1, 0.15) is 12.1 Å². The lowest BCUT2D eigenvalue weighted by atomic mass is 10.0. The molecule has 3 heteroatoms. The lowest BCUT2D eigenvalue weighted by Gasteiger charge is -2.08. The Bertz CT molecular complexity index is 448. The second-order valence-electron chi connectivity index (χ2n) is 4.85. The van der Waals surface area contributed by atoms with Crippen molar-refractivity contribution < 1.29 is 14.3 Å². The third-order valence-corrected chi connectivity index (χ3v) is 3.44. The summed E-state index contributed by atoms with van der Waals surface area (Å²) in [5.41, 5.74) is 1.97. The Hall–Kier alpha value is -1.64. The monoisotopic (exact) mass is 248 g/mol. The van der Waals surface area contributed by atoms with E-state index < -0.39 is 0 Å². The van der Waals surface area contributed by atoms with Crippen molar-refractivity contribution in [3.05, 3.63) is 47.0 Å². The Morgan fingerprint density at radius 3 is 2.72 bits per heavy atom. The number of aliphatic hydroxyl groups is 1. The molecule has 0 amide bonds. The van der Waals surface area contributed by atoms with Crippen molar-refractivity contribution in [3.8, 4) is 0 Å². The predicted molar refractivity (Wildman–Crippen MR) is 67.8 cm³/mol. The van der Waals surface area contributed by atoms with Crippen LogP contribution in [0.4, 0.5) is 4.39 Å². The van der Waals surface area contributed by atoms with Crippen molar-refractivity contribution >= 4 is 6.29 Å². The average molecular weight is 248 g/mol. The fourth-order valence-electron chi connectivity index (χ4n) is 2.37. The fraction of sp³-hybridized carbons (Fsp3) is 0.400. The molecule has 1 aromatic carbocycles. The number of hydrogen-bond donors (Lipinski definition) is 1. The Kier molecular flexibility index (Phi) is 4.13. The molecule has 2 nitrogen and oxygen atoms in total. The summed E-state index contributed by atoms with van der Waals surface area (Å²) in [4.78, 5) is 10.8. The van der Waals surface area contributed by atoms with Gasteiger partial charge < -0.3 is 9.90 Å². The molecule has 0 bridgehead atoms. The molecule has 1 N–H and O–H groups in total. The Labute approximate surface area is 106 Å². The molecule has 0 aromatic heterocycles. The van der Waals surface area contributed by atoms with Gasteiger partial charge in [-0.1, -0.05) is 12.1 Å². The second-order valence-corrected chi connectivity index (χ2v) is 4.85. The number of hydrogen-bond acceptors (Lipinski definition) is 2. The van der Waals surface area contributed by atoms with Crippen molar-refractivity contribution in [1.29, 1.82) is 0 Å². The Morgan fingerprint density at radius 2 is 2.06 bits per heavy atom. The molecule has 0 saturated carbocycles. The second kappa shape index (κ2) is 5.80. The molecule has 1 atom stereocenters. The summed E-state index contributed by atoms with van der Waals surface area (Å²) >= 11 is 0. The number of rotatable bonds is 3. The summed E-state index contributed by atoms with van der Waals surface area (Å²) in [5.74, 6) is 0.0310. The van der Waals surface area contributed by atoms with E-state index in [1.165, 1.54) is 12.1 Å². The molecular formula is C15H17FO2. The minimum atomic E-state index is -0.251. The quantitative estimate of drug-likeness (QED) is 0.830. The summed E-state index contributed by atoms with van der Waals surface area (Å²) in [6, 6.07) is 6.32. The van der Waals surface area contributed by atoms with E-state index in [0.717, 1.165) is 36.7 Å². The zero-order valence-corrected chi connectivity index (χ0v) is 10.2. The summed E-state index contributed by atoms with van der Waals surface area (Å²) in [6.07, 6.45) is 4.58. The van der Waals surface area contributed by atoms with Crippen LogP contribution in [0, 0.1) is 11.7 Å². The molecule has 0 radical (unpaired) electrons. The maximum atomic E-state index is 12.8. The maximum Gasteiger partial charge on any atom is 0.123 e. The van der Waals surface area contributed by atoms with Gasteiger partial charge >= 0.3 is 0 Å². The highest BCUT2D eigenvalue weighted by Crippen LogP contribution is 2.27. The van der Waals surface area contributed by atoms with Crippen molar-refractivity contribution in [2.75, 3.05) is 0 Å². The fourth-order valence-corrected chi connectivity index (χ4v) is 2.37. The predicted octanol–water partition coefficient (Wildman–Crippen LogP) is 3.57. The van der Waals surface area contributed by atoms with E-state index in [2.05, 4.69) is 0 Å². The highest BCUT2D eigenvalue weighted by Gasteiger charge is 2.18. The number of benzene rings is 1. The zero-order chi connectivity index (χ0) is 13.0. The maximum absolute atomic E-state index is 12.8. The molecule has 0 aliphatic heterocycles. The van der Waals surface area contributed by atoms with Gasteiger partial charge in [-0.2, -0.15) is 0 Å². The number of carbonyl (C=O) groups is 1. The van der Waals surface area contributed by atoms with E-state index in [1.807, 2.05) is 0 Å². The summed E-state index contributed by atoms with van der Waals surface area (Å²) < 4.78 is 12.8. The molecule has 2 rings (SSSR count). The number of aliphatic hydroxyl groups excluding tert-OH is 1. The lowest BCUT2D eigenvalue weighted by Crippen LogP contribution is -2.02. The molecule has 96 valence electrons. The normalized spacial score (nSPS) is 20.6. The molecule has 0 spiro atoms. The van der Waals surface area contributed by atoms with Crippen LogP contribution in [-0.4, -0.2) is 11.4 Å². The van der Waals surface area contributed by atoms with Crippen LogP contribution in [-0.2, 0) is 11.2 Å². The standard InChI is InChI=1S/C15H17FO2/c16-14-6-4-11(5-7-14)8-13-3-1-2-12(10-17)9-15(13)18/h4-7,10,12,18H,1-3,8-9H2. The van der Waals surface area contributed by atoms with Gasteiger partial charge in [-0.05, 0) is 49.0 Å². The topological polar surface area (TPSA) is 37.3 Å². The van der Waals surface area contributed by atoms with Crippen LogP contribution >= 0.6 is 0 Å². The van der Waals surface area contributed by atoms with Gasteiger partial charge in [0.05, 0.1) is 5.76 Å². The van der Waals surface area contributed by atoms with E-state index >= 15 is 0 Å². The first-order valence-corrected chi connectivity index (χ1v) is 6.28. The first-order chi connectivity index (χ1) is 8.69. The molecule has 1 unspecified atom stereocenters. The zero-order valence-electron chi connectivity index (χ0n) is 10.2. The number of carbonyl (C=O) groups excluding carboxylic acids is 1. The largest absolute Gasteiger partial charge is 0.512 e. The first kappa shape index (κ1) is 12.8. The van der Waals surface area contributed by atoms with Crippen LogP contribution < -0.4 is 0 Å². The summed E-state index contributed by atoms with van der Waals surface area (Å²) in [7, 11) is 0. The molecule has 1 aliphatic rings. The van der Waals surface area contributed by atoms with Gasteiger partial charge in [-0.15, -0.1) is 0 Å². The SMILES string of the molecule is O=CC1CCCC(Cc2ccc(F)cc2)=C(O)C1. The van der Waals surface area contributed by atoms with Crippen LogP contribution in [0.1, 0.15) is 31.2 Å². The molecular weight excluding hydrogens is 231 g/mol. The average Bonchev–Trinajstić information content (AvgIpc) is 2.55. The number of allylic oxidation sites excluding steroid dienone is 2. The van der Waals surface area contributed by atoms with E-state index in [-0.39, 0.29) is 11.7 Å². The van der Waals surface area contributed by atoms with E-state index in [4.69, 9.17) is 0 Å². The molecule has 1 aromatic rings. The van der Waals surface area contributed by atoms with Gasteiger partial charge in [0.2, 0.25) is 0 Å². The molecule has 1 aliphatic carbocycles.